The molecule has 3 N–H and O–H groups in total. The summed E-state index contributed by atoms with van der Waals surface area (Å²) in [6.45, 7) is 6.22. The highest BCUT2D eigenvalue weighted by molar-refractivity contribution is 5.89. The average molecular weight is 570 g/mol. The average Bonchev–Trinajstić information content (AvgIpc) is 2.82. The maximum Gasteiger partial charge on any atom is 0.490 e. The number of amides is 1. The van der Waals surface area contributed by atoms with Gasteiger partial charge in [0.05, 0.1) is 11.4 Å². The van der Waals surface area contributed by atoms with Crippen LogP contribution in [-0.4, -0.2) is 55.3 Å². The minimum atomic E-state index is -5.08. The van der Waals surface area contributed by atoms with Gasteiger partial charge in [-0.3, -0.25) is 4.79 Å². The van der Waals surface area contributed by atoms with E-state index in [1.54, 1.807) is 18.2 Å². The van der Waals surface area contributed by atoms with E-state index in [9.17, 15) is 26.7 Å². The summed E-state index contributed by atoms with van der Waals surface area (Å²) in [6, 6.07) is 6.49. The second kappa shape index (κ2) is 11.2. The quantitative estimate of drug-likeness (QED) is 0.361. The molecule has 0 saturated heterocycles. The molecular formula is C24H23F5N6O5. The molecule has 0 fully saturated rings. The van der Waals surface area contributed by atoms with E-state index in [4.69, 9.17) is 19.4 Å². The van der Waals surface area contributed by atoms with E-state index in [0.29, 0.717) is 35.2 Å². The van der Waals surface area contributed by atoms with Gasteiger partial charge in [-0.2, -0.15) is 22.0 Å². The molecule has 40 heavy (non-hydrogen) atoms. The second-order valence-corrected chi connectivity index (χ2v) is 9.03. The summed E-state index contributed by atoms with van der Waals surface area (Å²) in [5.41, 5.74) is 0.985. The van der Waals surface area contributed by atoms with Crippen molar-refractivity contribution in [1.82, 2.24) is 19.9 Å². The van der Waals surface area contributed by atoms with Gasteiger partial charge in [-0.05, 0) is 32.0 Å². The van der Waals surface area contributed by atoms with Crippen LogP contribution in [0.2, 0.25) is 0 Å². The van der Waals surface area contributed by atoms with Gasteiger partial charge in [-0.15, -0.1) is 0 Å². The van der Waals surface area contributed by atoms with Crippen molar-refractivity contribution in [1.29, 1.82) is 0 Å². The number of halogens is 5. The Morgan fingerprint density at radius 2 is 1.73 bits per heavy atom. The molecule has 0 atom stereocenters. The third kappa shape index (κ3) is 7.94. The number of ether oxygens (including phenoxy) is 2. The number of rotatable bonds is 5. The first-order valence-electron chi connectivity index (χ1n) is 11.3. The molecule has 0 radical (unpaired) electrons. The lowest BCUT2D eigenvalue weighted by molar-refractivity contribution is -0.192. The molecule has 3 aromatic rings. The third-order valence-corrected chi connectivity index (χ3v) is 4.81. The van der Waals surface area contributed by atoms with Crippen molar-refractivity contribution >= 4 is 29.2 Å². The zero-order chi connectivity index (χ0) is 29.9. The minimum Gasteiger partial charge on any atom is -0.479 e. The lowest BCUT2D eigenvalue weighted by Gasteiger charge is -2.31. The van der Waals surface area contributed by atoms with Crippen LogP contribution in [0, 0.1) is 0 Å². The number of carbonyl (C=O) groups excluding carboxylic acids is 1. The number of carbonyl (C=O) groups is 2. The Morgan fingerprint density at radius 1 is 1.05 bits per heavy atom. The molecule has 214 valence electrons. The molecule has 4 heterocycles. The van der Waals surface area contributed by atoms with Crippen LogP contribution < -0.4 is 20.1 Å². The van der Waals surface area contributed by atoms with E-state index < -0.39 is 29.5 Å². The number of nitrogens with one attached hydrogen (secondary N) is 2. The predicted octanol–water partition coefficient (Wildman–Crippen LogP) is 4.93. The van der Waals surface area contributed by atoms with Gasteiger partial charge in [-0.1, -0.05) is 0 Å². The van der Waals surface area contributed by atoms with Gasteiger partial charge in [0.15, 0.2) is 5.75 Å². The molecular weight excluding hydrogens is 547 g/mol. The maximum atomic E-state index is 13.7. The van der Waals surface area contributed by atoms with Crippen molar-refractivity contribution in [2.24, 2.45) is 0 Å². The van der Waals surface area contributed by atoms with E-state index in [2.05, 4.69) is 30.6 Å². The van der Waals surface area contributed by atoms with Crippen molar-refractivity contribution in [2.75, 3.05) is 17.2 Å². The largest absolute Gasteiger partial charge is 0.490 e. The summed E-state index contributed by atoms with van der Waals surface area (Å²) in [7, 11) is 0. The molecule has 0 aromatic carbocycles. The van der Waals surface area contributed by atoms with Crippen LogP contribution in [0.15, 0.2) is 36.7 Å². The van der Waals surface area contributed by atoms with Crippen LogP contribution in [0.5, 0.6) is 11.6 Å². The fourth-order valence-electron chi connectivity index (χ4n) is 3.12. The summed E-state index contributed by atoms with van der Waals surface area (Å²) >= 11 is 0. The molecule has 11 nitrogen and oxygen atoms in total. The Labute approximate surface area is 223 Å². The topological polar surface area (TPSA) is 148 Å². The fraction of sp³-hybridized carbons (Fsp3) is 0.333. The number of hydrogen-bond donors (Lipinski definition) is 3. The number of hydrogen-bond acceptors (Lipinski definition) is 9. The summed E-state index contributed by atoms with van der Waals surface area (Å²) in [5.74, 6) is -5.64. The van der Waals surface area contributed by atoms with Crippen molar-refractivity contribution in [3.8, 4) is 22.9 Å². The molecule has 0 bridgehead atoms. The summed E-state index contributed by atoms with van der Waals surface area (Å²) < 4.78 is 70.8. The highest BCUT2D eigenvalue weighted by atomic mass is 19.4. The fourth-order valence-corrected chi connectivity index (χ4v) is 3.12. The van der Waals surface area contributed by atoms with Crippen LogP contribution >= 0.6 is 0 Å². The van der Waals surface area contributed by atoms with Crippen molar-refractivity contribution in [2.45, 2.75) is 45.4 Å². The summed E-state index contributed by atoms with van der Waals surface area (Å²) in [5, 5.41) is 12.7. The zero-order valence-electron chi connectivity index (χ0n) is 21.4. The van der Waals surface area contributed by atoms with Crippen LogP contribution in [0.4, 0.5) is 39.3 Å². The number of pyridine rings is 2. The molecule has 4 rings (SSSR count). The number of aliphatic carboxylic acids is 1. The second-order valence-electron chi connectivity index (χ2n) is 9.03. The van der Waals surface area contributed by atoms with Gasteiger partial charge in [0.25, 0.3) is 5.88 Å². The molecule has 1 aliphatic rings. The first-order chi connectivity index (χ1) is 18.4. The van der Waals surface area contributed by atoms with Gasteiger partial charge >= 0.3 is 18.1 Å². The van der Waals surface area contributed by atoms with Gasteiger partial charge in [0.2, 0.25) is 11.7 Å². The van der Waals surface area contributed by atoms with Gasteiger partial charge in [-0.25, -0.2) is 24.7 Å². The lowest BCUT2D eigenvalue weighted by atomic mass is 10.1. The van der Waals surface area contributed by atoms with Crippen LogP contribution in [0.25, 0.3) is 11.3 Å². The Bertz CT molecular complexity index is 1410. The minimum absolute atomic E-state index is 0.141. The van der Waals surface area contributed by atoms with Crippen LogP contribution in [-0.2, 0) is 15.5 Å². The summed E-state index contributed by atoms with van der Waals surface area (Å²) in [4.78, 5) is 36.7. The molecule has 0 unspecified atom stereocenters. The first kappa shape index (κ1) is 29.9. The Kier molecular flexibility index (Phi) is 8.40. The first-order valence-corrected chi connectivity index (χ1v) is 11.3. The van der Waals surface area contributed by atoms with Gasteiger partial charge in [0, 0.05) is 37.9 Å². The van der Waals surface area contributed by atoms with Gasteiger partial charge < -0.3 is 25.2 Å². The third-order valence-electron chi connectivity index (χ3n) is 4.81. The normalized spacial score (nSPS) is 13.9. The molecule has 1 amide bonds. The van der Waals surface area contributed by atoms with Crippen molar-refractivity contribution in [3.63, 3.8) is 0 Å². The molecule has 16 heteroatoms. The SMILES string of the molecule is CC(=O)Nc1cc(Nc2ccnc(C(C)(F)F)n2)c(-c2ccc3c(n2)OCC(C)(C)O3)cn1.O=C(O)C(F)(F)F. The highest BCUT2D eigenvalue weighted by Gasteiger charge is 2.38. The van der Waals surface area contributed by atoms with Crippen molar-refractivity contribution < 1.29 is 46.1 Å². The molecule has 0 spiro atoms. The monoisotopic (exact) mass is 570 g/mol. The zero-order valence-corrected chi connectivity index (χ0v) is 21.4. The molecule has 0 saturated carbocycles. The number of aromatic nitrogens is 4. The number of nitrogens with zero attached hydrogens (tertiary/aromatic N) is 4. The van der Waals surface area contributed by atoms with Crippen LogP contribution in [0.3, 0.4) is 0 Å². The Balaban J connectivity index is 0.000000559. The van der Waals surface area contributed by atoms with E-state index in [1.165, 1.54) is 25.4 Å². The van der Waals surface area contributed by atoms with E-state index >= 15 is 0 Å². The number of alkyl halides is 5. The van der Waals surface area contributed by atoms with Crippen LogP contribution in [0.1, 0.15) is 33.5 Å². The standard InChI is InChI=1S/C22H22F2N6O3.C2HF3O2/c1-12(31)27-18-9-15(28-17-7-8-25-20(30-17)22(4,23)24)13(10-26-18)14-5-6-16-19(29-14)32-11-21(2,3)33-16;3-2(4,5)1(6)7/h5-10H,11H2,1-4H3,(H2,25,26,27,28,30,31);(H,6,7). The Hall–Kier alpha value is -4.63. The molecule has 3 aromatic heterocycles. The smallest absolute Gasteiger partial charge is 0.479 e. The maximum absolute atomic E-state index is 13.7. The number of carboxylic acids is 1. The van der Waals surface area contributed by atoms with Gasteiger partial charge in [0.1, 0.15) is 23.8 Å². The highest BCUT2D eigenvalue weighted by Crippen LogP contribution is 2.38. The number of carboxylic acid groups (broad SMARTS) is 1. The number of anilines is 3. The lowest BCUT2D eigenvalue weighted by Crippen LogP contribution is -2.39. The van der Waals surface area contributed by atoms with E-state index in [-0.39, 0.29) is 17.5 Å². The molecule has 1 aliphatic heterocycles. The van der Waals surface area contributed by atoms with Crippen molar-refractivity contribution in [3.05, 3.63) is 42.5 Å². The predicted molar refractivity (Wildman–Crippen MR) is 131 cm³/mol. The molecule has 0 aliphatic carbocycles. The Morgan fingerprint density at radius 3 is 2.33 bits per heavy atom. The number of fused-ring (bicyclic) bond motifs is 1. The summed E-state index contributed by atoms with van der Waals surface area (Å²) in [6.07, 6.45) is -2.34. The van der Waals surface area contributed by atoms with E-state index in [1.807, 2.05) is 13.8 Å². The van der Waals surface area contributed by atoms with E-state index in [0.717, 1.165) is 6.92 Å².